The summed E-state index contributed by atoms with van der Waals surface area (Å²) in [6, 6.07) is 0. The molecule has 2 nitrogen and oxygen atoms in total. The predicted molar refractivity (Wildman–Crippen MR) is 50.7 cm³/mol. The fourth-order valence-electron chi connectivity index (χ4n) is 0.576. The van der Waals surface area contributed by atoms with Crippen LogP contribution in [0.5, 0.6) is 0 Å². The molecular formula is C7H9Cl3O2. The van der Waals surface area contributed by atoms with Gasteiger partial charge < -0.3 is 5.11 Å². The van der Waals surface area contributed by atoms with E-state index in [9.17, 15) is 4.79 Å². The Bertz CT molecular complexity index is 174. The number of carbonyl (C=O) groups excluding carboxylic acids is 1. The summed E-state index contributed by atoms with van der Waals surface area (Å²) < 4.78 is -1.79. The van der Waals surface area contributed by atoms with Crippen molar-refractivity contribution in [2.24, 2.45) is 0 Å². The molecule has 0 aromatic carbocycles. The van der Waals surface area contributed by atoms with E-state index in [2.05, 4.69) is 6.58 Å². The van der Waals surface area contributed by atoms with Gasteiger partial charge in [-0.3, -0.25) is 4.79 Å². The number of rotatable bonds is 4. The first-order chi connectivity index (χ1) is 5.38. The van der Waals surface area contributed by atoms with Crippen molar-refractivity contribution in [3.05, 3.63) is 12.7 Å². The minimum atomic E-state index is -1.79. The minimum Gasteiger partial charge on any atom is -0.388 e. The second-order valence-electron chi connectivity index (χ2n) is 2.29. The standard InChI is InChI=1S/C7H9Cl3O2/c1-2-3-5(11)4-6(12)7(8,9)10/h2,6,12H,1,3-4H2/t6-/m1/s1. The number of alkyl halides is 3. The summed E-state index contributed by atoms with van der Waals surface area (Å²) in [5.41, 5.74) is 0. The van der Waals surface area contributed by atoms with Crippen LogP contribution in [0.3, 0.4) is 0 Å². The number of allylic oxidation sites excluding steroid dienone is 1. The van der Waals surface area contributed by atoms with E-state index in [0.717, 1.165) is 0 Å². The van der Waals surface area contributed by atoms with Gasteiger partial charge in [0.05, 0.1) is 0 Å². The predicted octanol–water partition coefficient (Wildman–Crippen LogP) is 2.25. The number of halogens is 3. The molecule has 0 saturated heterocycles. The average Bonchev–Trinajstić information content (AvgIpc) is 1.85. The fraction of sp³-hybridized carbons (Fsp3) is 0.571. The van der Waals surface area contributed by atoms with Crippen molar-refractivity contribution >= 4 is 40.6 Å². The van der Waals surface area contributed by atoms with Crippen LogP contribution in [-0.2, 0) is 4.79 Å². The molecule has 0 radical (unpaired) electrons. The highest BCUT2D eigenvalue weighted by Gasteiger charge is 2.31. The van der Waals surface area contributed by atoms with Gasteiger partial charge in [-0.2, -0.15) is 0 Å². The maximum atomic E-state index is 10.9. The summed E-state index contributed by atoms with van der Waals surface area (Å²) in [4.78, 5) is 10.9. The number of hydrogen-bond donors (Lipinski definition) is 1. The van der Waals surface area contributed by atoms with Crippen LogP contribution in [0.25, 0.3) is 0 Å². The molecule has 0 aromatic rings. The summed E-state index contributed by atoms with van der Waals surface area (Å²) in [7, 11) is 0. The molecule has 0 aromatic heterocycles. The molecule has 0 aliphatic carbocycles. The molecule has 0 saturated carbocycles. The largest absolute Gasteiger partial charge is 0.388 e. The molecule has 12 heavy (non-hydrogen) atoms. The maximum absolute atomic E-state index is 10.9. The third kappa shape index (κ3) is 4.99. The summed E-state index contributed by atoms with van der Waals surface area (Å²) in [5, 5.41) is 9.13. The normalized spacial score (nSPS) is 14.0. The van der Waals surface area contributed by atoms with Crippen molar-refractivity contribution in [1.82, 2.24) is 0 Å². The molecule has 0 amide bonds. The Morgan fingerprint density at radius 1 is 1.58 bits per heavy atom. The van der Waals surface area contributed by atoms with Gasteiger partial charge in [0.15, 0.2) is 0 Å². The molecule has 1 N–H and O–H groups in total. The third-order valence-electron chi connectivity index (χ3n) is 1.17. The Hall–Kier alpha value is 0.240. The quantitative estimate of drug-likeness (QED) is 0.595. The molecule has 1 atom stereocenters. The Balaban J connectivity index is 3.92. The van der Waals surface area contributed by atoms with Crippen LogP contribution in [-0.4, -0.2) is 20.8 Å². The van der Waals surface area contributed by atoms with E-state index in [0.29, 0.717) is 0 Å². The molecule has 0 rings (SSSR count). The van der Waals surface area contributed by atoms with Crippen molar-refractivity contribution in [1.29, 1.82) is 0 Å². The lowest BCUT2D eigenvalue weighted by atomic mass is 10.1. The molecule has 0 aliphatic heterocycles. The van der Waals surface area contributed by atoms with E-state index in [4.69, 9.17) is 39.9 Å². The van der Waals surface area contributed by atoms with Crippen LogP contribution < -0.4 is 0 Å². The highest BCUT2D eigenvalue weighted by atomic mass is 35.6. The summed E-state index contributed by atoms with van der Waals surface area (Å²) in [6.07, 6.45) is 0.197. The molecule has 0 unspecified atom stereocenters. The van der Waals surface area contributed by atoms with Gasteiger partial charge in [-0.05, 0) is 0 Å². The SMILES string of the molecule is C=CCC(=O)C[C@@H](O)C(Cl)(Cl)Cl. The van der Waals surface area contributed by atoms with Gasteiger partial charge in [0.1, 0.15) is 11.9 Å². The van der Waals surface area contributed by atoms with E-state index in [1.165, 1.54) is 6.08 Å². The van der Waals surface area contributed by atoms with Gasteiger partial charge in [-0.25, -0.2) is 0 Å². The lowest BCUT2D eigenvalue weighted by molar-refractivity contribution is -0.120. The molecule has 70 valence electrons. The van der Waals surface area contributed by atoms with Gasteiger partial charge in [-0.1, -0.05) is 40.9 Å². The van der Waals surface area contributed by atoms with Crippen LogP contribution in [0.15, 0.2) is 12.7 Å². The fourth-order valence-corrected chi connectivity index (χ4v) is 0.807. The number of ketones is 1. The maximum Gasteiger partial charge on any atom is 0.216 e. The highest BCUT2D eigenvalue weighted by molar-refractivity contribution is 6.68. The smallest absolute Gasteiger partial charge is 0.216 e. The number of aliphatic hydroxyl groups is 1. The lowest BCUT2D eigenvalue weighted by Gasteiger charge is -2.17. The average molecular weight is 232 g/mol. The molecule has 5 heteroatoms. The lowest BCUT2D eigenvalue weighted by Crippen LogP contribution is -2.27. The topological polar surface area (TPSA) is 37.3 Å². The van der Waals surface area contributed by atoms with E-state index in [-0.39, 0.29) is 18.6 Å². The number of aliphatic hydroxyl groups excluding tert-OH is 1. The van der Waals surface area contributed by atoms with Gasteiger partial charge in [-0.15, -0.1) is 6.58 Å². The Morgan fingerprint density at radius 3 is 2.42 bits per heavy atom. The van der Waals surface area contributed by atoms with Crippen molar-refractivity contribution in [3.63, 3.8) is 0 Å². The van der Waals surface area contributed by atoms with Crippen LogP contribution >= 0.6 is 34.8 Å². The first kappa shape index (κ1) is 12.2. The van der Waals surface area contributed by atoms with Gasteiger partial charge in [0.25, 0.3) is 0 Å². The van der Waals surface area contributed by atoms with Crippen molar-refractivity contribution in [2.75, 3.05) is 0 Å². The van der Waals surface area contributed by atoms with Crippen LogP contribution in [0, 0.1) is 0 Å². The van der Waals surface area contributed by atoms with Crippen molar-refractivity contribution < 1.29 is 9.90 Å². The number of hydrogen-bond acceptors (Lipinski definition) is 2. The van der Waals surface area contributed by atoms with Gasteiger partial charge in [0, 0.05) is 12.8 Å². The van der Waals surface area contributed by atoms with Crippen LogP contribution in [0.1, 0.15) is 12.8 Å². The third-order valence-corrected chi connectivity index (χ3v) is 1.93. The van der Waals surface area contributed by atoms with E-state index in [1.807, 2.05) is 0 Å². The first-order valence-electron chi connectivity index (χ1n) is 3.25. The number of carbonyl (C=O) groups is 1. The summed E-state index contributed by atoms with van der Waals surface area (Å²) in [5.74, 6) is -0.205. The van der Waals surface area contributed by atoms with E-state index < -0.39 is 9.90 Å². The second-order valence-corrected chi connectivity index (χ2v) is 4.66. The second kappa shape index (κ2) is 5.07. The minimum absolute atomic E-state index is 0.164. The monoisotopic (exact) mass is 230 g/mol. The highest BCUT2D eigenvalue weighted by Crippen LogP contribution is 2.31. The molecule has 0 bridgehead atoms. The molecule has 0 heterocycles. The Kier molecular flexibility index (Phi) is 5.18. The van der Waals surface area contributed by atoms with E-state index >= 15 is 0 Å². The Morgan fingerprint density at radius 2 is 2.08 bits per heavy atom. The van der Waals surface area contributed by atoms with Gasteiger partial charge in [0.2, 0.25) is 3.79 Å². The molecule has 0 spiro atoms. The van der Waals surface area contributed by atoms with Crippen molar-refractivity contribution in [3.8, 4) is 0 Å². The summed E-state index contributed by atoms with van der Waals surface area (Å²) in [6.45, 7) is 3.37. The van der Waals surface area contributed by atoms with Crippen LogP contribution in [0.4, 0.5) is 0 Å². The number of Topliss-reactive ketones (excluding diaryl/α,β-unsaturated/α-hetero) is 1. The van der Waals surface area contributed by atoms with Crippen LogP contribution in [0.2, 0.25) is 0 Å². The van der Waals surface area contributed by atoms with Gasteiger partial charge >= 0.3 is 0 Å². The first-order valence-corrected chi connectivity index (χ1v) is 4.38. The summed E-state index contributed by atoms with van der Waals surface area (Å²) >= 11 is 16.0. The zero-order valence-corrected chi connectivity index (χ0v) is 8.53. The molecular weight excluding hydrogens is 222 g/mol. The Labute approximate surface area is 86.1 Å². The van der Waals surface area contributed by atoms with Crippen molar-refractivity contribution in [2.45, 2.75) is 22.7 Å². The van der Waals surface area contributed by atoms with E-state index in [1.54, 1.807) is 0 Å². The zero-order valence-electron chi connectivity index (χ0n) is 6.27. The molecule has 0 fully saturated rings. The molecule has 0 aliphatic rings. The zero-order chi connectivity index (χ0) is 9.78.